The fourth-order valence-corrected chi connectivity index (χ4v) is 3.64. The maximum atomic E-state index is 12.7. The molecule has 0 fully saturated rings. The highest BCUT2D eigenvalue weighted by molar-refractivity contribution is 7.92. The molecule has 0 unspecified atom stereocenters. The van der Waals surface area contributed by atoms with Crippen molar-refractivity contribution in [1.82, 2.24) is 9.55 Å². The second-order valence-corrected chi connectivity index (χ2v) is 6.48. The Hall–Kier alpha value is -2.02. The Bertz CT molecular complexity index is 720. The van der Waals surface area contributed by atoms with Gasteiger partial charge in [0, 0.05) is 25.0 Å². The van der Waals surface area contributed by atoms with E-state index in [4.69, 9.17) is 5.73 Å². The summed E-state index contributed by atoms with van der Waals surface area (Å²) in [6, 6.07) is 6.76. The number of benzene rings is 1. The predicted molar refractivity (Wildman–Crippen MR) is 83.7 cm³/mol. The highest BCUT2D eigenvalue weighted by Crippen LogP contribution is 2.24. The molecule has 0 aliphatic carbocycles. The van der Waals surface area contributed by atoms with E-state index in [0.29, 0.717) is 30.3 Å². The van der Waals surface area contributed by atoms with Gasteiger partial charge in [0.1, 0.15) is 5.82 Å². The van der Waals surface area contributed by atoms with Crippen molar-refractivity contribution in [1.29, 1.82) is 0 Å². The van der Waals surface area contributed by atoms with Crippen molar-refractivity contribution < 1.29 is 8.42 Å². The van der Waals surface area contributed by atoms with Gasteiger partial charge in [-0.1, -0.05) is 0 Å². The van der Waals surface area contributed by atoms with E-state index in [1.807, 2.05) is 11.5 Å². The van der Waals surface area contributed by atoms with Crippen LogP contribution in [0, 0.1) is 6.92 Å². The summed E-state index contributed by atoms with van der Waals surface area (Å²) in [5.41, 5.74) is 6.82. The third-order valence-corrected chi connectivity index (χ3v) is 5.09. The van der Waals surface area contributed by atoms with Crippen LogP contribution in [-0.2, 0) is 16.6 Å². The lowest BCUT2D eigenvalue weighted by molar-refractivity contribution is 0.588. The van der Waals surface area contributed by atoms with Gasteiger partial charge >= 0.3 is 0 Å². The van der Waals surface area contributed by atoms with E-state index >= 15 is 0 Å². The Kier molecular flexibility index (Phi) is 4.22. The van der Waals surface area contributed by atoms with Gasteiger partial charge in [-0.3, -0.25) is 4.31 Å². The first-order valence-corrected chi connectivity index (χ1v) is 8.26. The van der Waals surface area contributed by atoms with Gasteiger partial charge in [-0.15, -0.1) is 0 Å². The number of rotatable bonds is 5. The monoisotopic (exact) mass is 308 g/mol. The Labute approximate surface area is 125 Å². The minimum atomic E-state index is -3.67. The molecule has 0 amide bonds. The van der Waals surface area contributed by atoms with Gasteiger partial charge in [0.25, 0.3) is 10.0 Å². The number of hydrogen-bond donors (Lipinski definition) is 1. The zero-order chi connectivity index (χ0) is 15.6. The van der Waals surface area contributed by atoms with Crippen LogP contribution in [0.15, 0.2) is 35.5 Å². The van der Waals surface area contributed by atoms with Crippen LogP contribution in [0.3, 0.4) is 0 Å². The van der Waals surface area contributed by atoms with E-state index in [1.165, 1.54) is 4.31 Å². The van der Waals surface area contributed by atoms with Crippen LogP contribution < -0.4 is 10.0 Å². The fourth-order valence-electron chi connectivity index (χ4n) is 2.17. The molecule has 2 rings (SSSR count). The van der Waals surface area contributed by atoms with Crippen LogP contribution in [0.4, 0.5) is 11.4 Å². The van der Waals surface area contributed by atoms with Crippen LogP contribution >= 0.6 is 0 Å². The number of aryl methyl sites for hydroxylation is 2. The molecule has 0 radical (unpaired) electrons. The molecule has 1 aromatic heterocycles. The Morgan fingerprint density at radius 3 is 2.33 bits per heavy atom. The summed E-state index contributed by atoms with van der Waals surface area (Å²) in [7, 11) is -3.67. The minimum absolute atomic E-state index is 0.0699. The third kappa shape index (κ3) is 2.87. The normalized spacial score (nSPS) is 11.6. The van der Waals surface area contributed by atoms with Crippen molar-refractivity contribution >= 4 is 21.4 Å². The Morgan fingerprint density at radius 2 is 1.86 bits per heavy atom. The van der Waals surface area contributed by atoms with Gasteiger partial charge in [-0.2, -0.15) is 8.42 Å². The first kappa shape index (κ1) is 15.4. The molecule has 114 valence electrons. The van der Waals surface area contributed by atoms with E-state index in [2.05, 4.69) is 4.98 Å². The first-order valence-electron chi connectivity index (χ1n) is 6.82. The second kappa shape index (κ2) is 5.77. The van der Waals surface area contributed by atoms with Gasteiger partial charge in [0.15, 0.2) is 5.03 Å². The van der Waals surface area contributed by atoms with Crippen LogP contribution in [0.25, 0.3) is 0 Å². The van der Waals surface area contributed by atoms with E-state index in [0.717, 1.165) is 0 Å². The molecule has 0 saturated heterocycles. The first-order chi connectivity index (χ1) is 9.90. The molecule has 0 aliphatic rings. The van der Waals surface area contributed by atoms with Gasteiger partial charge < -0.3 is 10.3 Å². The van der Waals surface area contributed by atoms with Gasteiger partial charge in [0.2, 0.25) is 0 Å². The smallest absolute Gasteiger partial charge is 0.283 e. The quantitative estimate of drug-likeness (QED) is 0.857. The third-order valence-electron chi connectivity index (χ3n) is 3.32. The fraction of sp³-hybridized carbons (Fsp3) is 0.357. The summed E-state index contributed by atoms with van der Waals surface area (Å²) in [4.78, 5) is 4.17. The minimum Gasteiger partial charge on any atom is -0.399 e. The average molecular weight is 308 g/mol. The number of aromatic nitrogens is 2. The predicted octanol–water partition coefficient (Wildman–Crippen LogP) is 2.01. The highest BCUT2D eigenvalue weighted by Gasteiger charge is 2.26. The lowest BCUT2D eigenvalue weighted by Crippen LogP contribution is -2.31. The lowest BCUT2D eigenvalue weighted by Gasteiger charge is -2.21. The SMILES string of the molecule is CCN(c1ccc(N)cc1)S(=O)(=O)c1cn(CC)c(C)n1. The molecule has 7 heteroatoms. The summed E-state index contributed by atoms with van der Waals surface area (Å²) in [6.45, 7) is 6.54. The molecule has 0 atom stereocenters. The molecule has 2 N–H and O–H groups in total. The molecule has 0 saturated carbocycles. The zero-order valence-electron chi connectivity index (χ0n) is 12.4. The van der Waals surface area contributed by atoms with E-state index < -0.39 is 10.0 Å². The van der Waals surface area contributed by atoms with E-state index in [-0.39, 0.29) is 5.03 Å². The van der Waals surface area contributed by atoms with E-state index in [1.54, 1.807) is 44.3 Å². The molecular formula is C14H20N4O2S. The molecule has 0 aliphatic heterocycles. The topological polar surface area (TPSA) is 81.2 Å². The van der Waals surface area contributed by atoms with Gasteiger partial charge in [-0.25, -0.2) is 4.98 Å². The molecule has 0 bridgehead atoms. The molecular weight excluding hydrogens is 288 g/mol. The van der Waals surface area contributed by atoms with Crippen LogP contribution in [0.2, 0.25) is 0 Å². The lowest BCUT2D eigenvalue weighted by atomic mass is 10.3. The number of nitrogens with zero attached hydrogens (tertiary/aromatic N) is 3. The molecule has 21 heavy (non-hydrogen) atoms. The number of imidazole rings is 1. The van der Waals surface area contributed by atoms with Crippen LogP contribution in [0.1, 0.15) is 19.7 Å². The maximum absolute atomic E-state index is 12.7. The molecule has 0 spiro atoms. The number of nitrogen functional groups attached to an aromatic ring is 1. The standard InChI is InChI=1S/C14H20N4O2S/c1-4-17-10-14(16-11(17)3)21(19,20)18(5-2)13-8-6-12(15)7-9-13/h6-10H,4-5,15H2,1-3H3. The van der Waals surface area contributed by atoms with Crippen molar-refractivity contribution in [2.75, 3.05) is 16.6 Å². The van der Waals surface area contributed by atoms with Gasteiger partial charge in [0.05, 0.1) is 5.69 Å². The number of anilines is 2. The van der Waals surface area contributed by atoms with Crippen molar-refractivity contribution in [3.8, 4) is 0 Å². The van der Waals surface area contributed by atoms with Crippen molar-refractivity contribution in [3.05, 3.63) is 36.3 Å². The average Bonchev–Trinajstić information content (AvgIpc) is 2.83. The molecule has 1 heterocycles. The summed E-state index contributed by atoms with van der Waals surface area (Å²) < 4.78 is 28.6. The summed E-state index contributed by atoms with van der Waals surface area (Å²) in [5, 5.41) is 0.0699. The molecule has 6 nitrogen and oxygen atoms in total. The summed E-state index contributed by atoms with van der Waals surface area (Å²) in [5.74, 6) is 0.685. The van der Waals surface area contributed by atoms with Crippen LogP contribution in [0.5, 0.6) is 0 Å². The number of sulfonamides is 1. The van der Waals surface area contributed by atoms with Crippen LogP contribution in [-0.4, -0.2) is 24.5 Å². The molecule has 1 aromatic carbocycles. The number of hydrogen-bond acceptors (Lipinski definition) is 4. The van der Waals surface area contributed by atoms with Crippen molar-refractivity contribution in [2.45, 2.75) is 32.3 Å². The van der Waals surface area contributed by atoms with Gasteiger partial charge in [-0.05, 0) is 45.0 Å². The Morgan fingerprint density at radius 1 is 1.24 bits per heavy atom. The number of nitrogens with two attached hydrogens (primary N) is 1. The molecule has 2 aromatic rings. The summed E-state index contributed by atoms with van der Waals surface area (Å²) in [6.07, 6.45) is 1.57. The van der Waals surface area contributed by atoms with E-state index in [9.17, 15) is 8.42 Å². The second-order valence-electron chi connectivity index (χ2n) is 4.67. The Balaban J connectivity index is 2.46. The van der Waals surface area contributed by atoms with Crippen molar-refractivity contribution in [2.24, 2.45) is 0 Å². The highest BCUT2D eigenvalue weighted by atomic mass is 32.2. The zero-order valence-corrected chi connectivity index (χ0v) is 13.3. The van der Waals surface area contributed by atoms with Crippen molar-refractivity contribution in [3.63, 3.8) is 0 Å². The maximum Gasteiger partial charge on any atom is 0.283 e. The summed E-state index contributed by atoms with van der Waals surface area (Å²) >= 11 is 0. The largest absolute Gasteiger partial charge is 0.399 e.